The predicted octanol–water partition coefficient (Wildman–Crippen LogP) is 2.98. The first-order valence-corrected chi connectivity index (χ1v) is 6.80. The minimum Gasteiger partial charge on any atom is -0.455 e. The van der Waals surface area contributed by atoms with E-state index in [9.17, 15) is 10.1 Å². The van der Waals surface area contributed by atoms with Crippen molar-refractivity contribution < 1.29 is 9.34 Å². The molecular weight excluding hydrogens is 328 g/mol. The molecule has 0 bridgehead atoms. The summed E-state index contributed by atoms with van der Waals surface area (Å²) < 4.78 is 5.53. The average molecular weight is 339 g/mol. The van der Waals surface area contributed by atoms with E-state index in [-0.39, 0.29) is 10.8 Å². The molecule has 1 aromatic carbocycles. The van der Waals surface area contributed by atoms with Gasteiger partial charge >= 0.3 is 0 Å². The molecule has 0 atom stereocenters. The minimum absolute atomic E-state index is 0.0315. The summed E-state index contributed by atoms with van der Waals surface area (Å²) in [5, 5.41) is 15.1. The van der Waals surface area contributed by atoms with E-state index in [2.05, 4.69) is 22.7 Å². The number of nitrogens with zero attached hydrogens (tertiary/aromatic N) is 2. The number of hydrogen-bond acceptors (Lipinski definition) is 5. The fourth-order valence-electron chi connectivity index (χ4n) is 1.73. The Labute approximate surface area is 135 Å². The first-order valence-electron chi connectivity index (χ1n) is 6.01. The van der Waals surface area contributed by atoms with Gasteiger partial charge in [-0.15, -0.1) is 0 Å². The highest BCUT2D eigenvalue weighted by atomic mass is 35.5. The number of nitrogens with two attached hydrogens (primary N) is 1. The van der Waals surface area contributed by atoms with E-state index < -0.39 is 4.92 Å². The Morgan fingerprint density at radius 3 is 2.91 bits per heavy atom. The van der Waals surface area contributed by atoms with Crippen molar-refractivity contribution in [2.24, 2.45) is 10.8 Å². The van der Waals surface area contributed by atoms with Crippen molar-refractivity contribution in [2.45, 2.75) is 6.92 Å². The van der Waals surface area contributed by atoms with E-state index in [1.54, 1.807) is 25.1 Å². The van der Waals surface area contributed by atoms with Gasteiger partial charge in [0.2, 0.25) is 0 Å². The number of thiocarbonyl (C=S) groups is 1. The first kappa shape index (κ1) is 15.9. The Kier molecular flexibility index (Phi) is 4.74. The molecule has 3 N–H and O–H groups in total. The van der Waals surface area contributed by atoms with Crippen LogP contribution in [-0.2, 0) is 0 Å². The second-order valence-electron chi connectivity index (χ2n) is 4.30. The summed E-state index contributed by atoms with van der Waals surface area (Å²) in [6.07, 6.45) is 1.38. The fraction of sp³-hybridized carbons (Fsp3) is 0.0769. The molecule has 0 amide bonds. The van der Waals surface area contributed by atoms with E-state index >= 15 is 0 Å². The van der Waals surface area contributed by atoms with Gasteiger partial charge in [0.1, 0.15) is 11.5 Å². The van der Waals surface area contributed by atoms with Crippen LogP contribution in [0.1, 0.15) is 11.3 Å². The van der Waals surface area contributed by atoms with Crippen molar-refractivity contribution in [1.82, 2.24) is 5.43 Å². The maximum Gasteiger partial charge on any atom is 0.274 e. The number of halogens is 1. The Hall–Kier alpha value is -2.45. The predicted molar refractivity (Wildman–Crippen MR) is 88.1 cm³/mol. The van der Waals surface area contributed by atoms with Gasteiger partial charge in [0.25, 0.3) is 5.69 Å². The Morgan fingerprint density at radius 2 is 2.27 bits per heavy atom. The van der Waals surface area contributed by atoms with E-state index in [1.165, 1.54) is 12.3 Å². The zero-order valence-electron chi connectivity index (χ0n) is 11.4. The molecule has 22 heavy (non-hydrogen) atoms. The molecule has 0 unspecified atom stereocenters. The molecular formula is C13H11ClN4O3S. The van der Waals surface area contributed by atoms with Crippen LogP contribution in [0.5, 0.6) is 0 Å². The summed E-state index contributed by atoms with van der Waals surface area (Å²) in [7, 11) is 0. The number of rotatable bonds is 4. The third-order valence-corrected chi connectivity index (χ3v) is 3.28. The van der Waals surface area contributed by atoms with Crippen LogP contribution >= 0.6 is 23.8 Å². The highest BCUT2D eigenvalue weighted by molar-refractivity contribution is 7.80. The van der Waals surface area contributed by atoms with Crippen molar-refractivity contribution in [1.29, 1.82) is 0 Å². The number of nitro groups is 1. The molecule has 0 fully saturated rings. The van der Waals surface area contributed by atoms with Crippen molar-refractivity contribution in [2.75, 3.05) is 0 Å². The molecule has 2 rings (SSSR count). The second-order valence-corrected chi connectivity index (χ2v) is 5.14. The maximum atomic E-state index is 11.0. The van der Waals surface area contributed by atoms with Crippen LogP contribution < -0.4 is 11.2 Å². The summed E-state index contributed by atoms with van der Waals surface area (Å²) in [4.78, 5) is 10.5. The monoisotopic (exact) mass is 338 g/mol. The van der Waals surface area contributed by atoms with Crippen LogP contribution in [0, 0.1) is 17.0 Å². The Morgan fingerprint density at radius 1 is 1.55 bits per heavy atom. The lowest BCUT2D eigenvalue weighted by molar-refractivity contribution is -0.385. The largest absolute Gasteiger partial charge is 0.455 e. The summed E-state index contributed by atoms with van der Waals surface area (Å²) >= 11 is 10.6. The van der Waals surface area contributed by atoms with Gasteiger partial charge < -0.3 is 10.2 Å². The summed E-state index contributed by atoms with van der Waals surface area (Å²) in [6.45, 7) is 1.59. The van der Waals surface area contributed by atoms with Crippen molar-refractivity contribution in [3.8, 4) is 11.3 Å². The van der Waals surface area contributed by atoms with Gasteiger partial charge in [-0.2, -0.15) is 5.10 Å². The zero-order valence-corrected chi connectivity index (χ0v) is 12.9. The standard InChI is InChI=1S/C13H11ClN4O3S/c1-7-10(14)4-8(5-11(7)18(19)20)12-3-2-9(21-12)6-16-17-13(15)22/h2-6H,1H3,(H3,15,17,22)/b16-6-. The molecule has 0 saturated heterocycles. The Bertz CT molecular complexity index is 773. The van der Waals surface area contributed by atoms with Gasteiger partial charge in [-0.25, -0.2) is 0 Å². The zero-order chi connectivity index (χ0) is 16.3. The molecule has 0 saturated carbocycles. The molecule has 0 aliphatic heterocycles. The van der Waals surface area contributed by atoms with Crippen LogP contribution in [0.15, 0.2) is 33.8 Å². The molecule has 0 radical (unpaired) electrons. The van der Waals surface area contributed by atoms with Crippen LogP contribution in [0.25, 0.3) is 11.3 Å². The number of furan rings is 1. The second kappa shape index (κ2) is 6.54. The van der Waals surface area contributed by atoms with E-state index in [0.29, 0.717) is 27.7 Å². The van der Waals surface area contributed by atoms with Crippen molar-refractivity contribution >= 4 is 40.8 Å². The molecule has 1 aromatic heterocycles. The summed E-state index contributed by atoms with van der Waals surface area (Å²) in [6, 6.07) is 6.33. The summed E-state index contributed by atoms with van der Waals surface area (Å²) in [5.74, 6) is 0.861. The van der Waals surface area contributed by atoms with Gasteiger partial charge in [-0.1, -0.05) is 11.6 Å². The lowest BCUT2D eigenvalue weighted by Crippen LogP contribution is -2.23. The fourth-order valence-corrected chi connectivity index (χ4v) is 2.00. The molecule has 9 heteroatoms. The van der Waals surface area contributed by atoms with Crippen molar-refractivity contribution in [3.05, 3.63) is 50.7 Å². The van der Waals surface area contributed by atoms with E-state index in [1.807, 2.05) is 0 Å². The molecule has 7 nitrogen and oxygen atoms in total. The van der Waals surface area contributed by atoms with Crippen LogP contribution in [-0.4, -0.2) is 16.3 Å². The smallest absolute Gasteiger partial charge is 0.274 e. The molecule has 0 spiro atoms. The van der Waals surface area contributed by atoms with E-state index in [0.717, 1.165) is 0 Å². The van der Waals surface area contributed by atoms with Gasteiger partial charge in [-0.05, 0) is 37.3 Å². The number of nitrogens with one attached hydrogen (secondary N) is 1. The van der Waals surface area contributed by atoms with Gasteiger partial charge in [-0.3, -0.25) is 15.5 Å². The third-order valence-electron chi connectivity index (χ3n) is 2.79. The summed E-state index contributed by atoms with van der Waals surface area (Å²) in [5.41, 5.74) is 8.46. The lowest BCUT2D eigenvalue weighted by Gasteiger charge is -2.03. The number of nitro benzene ring substituents is 1. The SMILES string of the molecule is Cc1c(Cl)cc(-c2ccc(/C=N\NC(N)=S)o2)cc1[N+](=O)[O-]. The number of hydrogen-bond donors (Lipinski definition) is 2. The first-order chi connectivity index (χ1) is 10.4. The maximum absolute atomic E-state index is 11.0. The third kappa shape index (κ3) is 3.60. The quantitative estimate of drug-likeness (QED) is 0.384. The molecule has 1 heterocycles. The lowest BCUT2D eigenvalue weighted by atomic mass is 10.1. The minimum atomic E-state index is -0.484. The van der Waals surface area contributed by atoms with E-state index in [4.69, 9.17) is 21.8 Å². The van der Waals surface area contributed by atoms with Gasteiger partial charge in [0.05, 0.1) is 16.2 Å². The number of benzene rings is 1. The number of hydrazone groups is 1. The molecule has 2 aromatic rings. The molecule has 0 aliphatic carbocycles. The van der Waals surface area contributed by atoms with Crippen LogP contribution in [0.3, 0.4) is 0 Å². The highest BCUT2D eigenvalue weighted by Crippen LogP contribution is 2.33. The topological polar surface area (TPSA) is 107 Å². The van der Waals surface area contributed by atoms with Gasteiger partial charge in [0.15, 0.2) is 5.11 Å². The normalized spacial score (nSPS) is 10.8. The Balaban J connectivity index is 2.33. The average Bonchev–Trinajstić information content (AvgIpc) is 2.89. The van der Waals surface area contributed by atoms with Crippen molar-refractivity contribution in [3.63, 3.8) is 0 Å². The molecule has 114 valence electrons. The highest BCUT2D eigenvalue weighted by Gasteiger charge is 2.17. The van der Waals surface area contributed by atoms with Crippen LogP contribution in [0.4, 0.5) is 5.69 Å². The van der Waals surface area contributed by atoms with Crippen LogP contribution in [0.2, 0.25) is 5.02 Å². The van der Waals surface area contributed by atoms with Gasteiger partial charge in [0, 0.05) is 17.2 Å². The molecule has 0 aliphatic rings.